The van der Waals surface area contributed by atoms with Crippen LogP contribution in [-0.2, 0) is 6.18 Å². The summed E-state index contributed by atoms with van der Waals surface area (Å²) in [6.45, 7) is 1.49. The number of hydrogen-bond donors (Lipinski definition) is 2. The first-order valence-corrected chi connectivity index (χ1v) is 9.33. The second-order valence-corrected chi connectivity index (χ2v) is 7.37. The molecule has 156 valence electrons. The van der Waals surface area contributed by atoms with E-state index >= 15 is 0 Å². The Kier molecular flexibility index (Phi) is 4.93. The Morgan fingerprint density at radius 2 is 1.69 bits per heavy atom. The highest BCUT2D eigenvalue weighted by molar-refractivity contribution is 5.69. The number of nitrogen functional groups attached to an aromatic ring is 1. The van der Waals surface area contributed by atoms with Gasteiger partial charge in [0.1, 0.15) is 17.8 Å². The lowest BCUT2D eigenvalue weighted by molar-refractivity contribution is -0.140. The maximum Gasteiger partial charge on any atom is 0.434 e. The van der Waals surface area contributed by atoms with E-state index in [1.807, 2.05) is 4.90 Å². The second kappa shape index (κ2) is 7.29. The van der Waals surface area contributed by atoms with Gasteiger partial charge in [-0.1, -0.05) is 0 Å². The van der Waals surface area contributed by atoms with E-state index < -0.39 is 18.0 Å². The Hall–Kier alpha value is -2.69. The number of anilines is 3. The molecule has 2 saturated heterocycles. The number of alkyl halides is 4. The molecule has 29 heavy (non-hydrogen) atoms. The van der Waals surface area contributed by atoms with Crippen LogP contribution in [0.2, 0.25) is 0 Å². The summed E-state index contributed by atoms with van der Waals surface area (Å²) in [6, 6.07) is 4.07. The largest absolute Gasteiger partial charge is 0.434 e. The van der Waals surface area contributed by atoms with Crippen LogP contribution in [0.3, 0.4) is 0 Å². The smallest absolute Gasteiger partial charge is 0.384 e. The van der Waals surface area contributed by atoms with Crippen LogP contribution in [0.15, 0.2) is 18.2 Å². The van der Waals surface area contributed by atoms with Gasteiger partial charge in [0.25, 0.3) is 0 Å². The summed E-state index contributed by atoms with van der Waals surface area (Å²) in [5, 5.41) is 0. The highest BCUT2D eigenvalue weighted by atomic mass is 19.4. The molecule has 2 aromatic rings. The van der Waals surface area contributed by atoms with Crippen molar-refractivity contribution < 1.29 is 17.6 Å². The van der Waals surface area contributed by atoms with E-state index in [1.54, 1.807) is 4.90 Å². The highest BCUT2D eigenvalue weighted by Crippen LogP contribution is 2.37. The van der Waals surface area contributed by atoms with Crippen LogP contribution in [0.25, 0.3) is 11.3 Å². The van der Waals surface area contributed by atoms with Gasteiger partial charge in [-0.15, -0.1) is 0 Å². The Bertz CT molecular complexity index is 890. The average molecular weight is 411 g/mol. The lowest BCUT2D eigenvalue weighted by Gasteiger charge is -2.36. The number of rotatable bonds is 3. The summed E-state index contributed by atoms with van der Waals surface area (Å²) < 4.78 is 54.0. The fraction of sp³-hybridized carbons (Fsp3) is 0.500. The van der Waals surface area contributed by atoms with Crippen LogP contribution in [0.5, 0.6) is 0 Å². The molecular formula is C18H21F4N7. The Labute approximate surface area is 164 Å². The van der Waals surface area contributed by atoms with E-state index in [9.17, 15) is 17.6 Å². The van der Waals surface area contributed by atoms with Gasteiger partial charge in [0.05, 0.1) is 18.8 Å². The first kappa shape index (κ1) is 19.6. The quantitative estimate of drug-likeness (QED) is 0.748. The van der Waals surface area contributed by atoms with Gasteiger partial charge in [0, 0.05) is 30.8 Å². The van der Waals surface area contributed by atoms with Gasteiger partial charge in [-0.25, -0.2) is 14.4 Å². The third-order valence-electron chi connectivity index (χ3n) is 5.15. The van der Waals surface area contributed by atoms with Crippen LogP contribution >= 0.6 is 0 Å². The molecule has 4 N–H and O–H groups in total. The van der Waals surface area contributed by atoms with Crippen LogP contribution in [-0.4, -0.2) is 53.3 Å². The molecule has 11 heteroatoms. The molecule has 0 spiro atoms. The monoisotopic (exact) mass is 411 g/mol. The minimum absolute atomic E-state index is 0.0713. The molecule has 0 unspecified atom stereocenters. The van der Waals surface area contributed by atoms with Crippen LogP contribution in [0.4, 0.5) is 35.1 Å². The second-order valence-electron chi connectivity index (χ2n) is 7.37. The molecule has 4 rings (SSSR count). The molecule has 7 nitrogen and oxygen atoms in total. The van der Waals surface area contributed by atoms with Crippen molar-refractivity contribution in [3.05, 3.63) is 23.9 Å². The van der Waals surface area contributed by atoms with Gasteiger partial charge >= 0.3 is 6.18 Å². The standard InChI is InChI=1S/C18H21F4N7/c19-10-8-29(9-10)15-7-13(12-1-2-14(24)26-16(12)18(20,21)22)25-17(27-15)28-5-3-11(23)4-6-28/h1-2,7,10-11H,3-6,8-9,23H2,(H2,24,26). The topological polar surface area (TPSA) is 97.2 Å². The molecule has 4 heterocycles. The van der Waals surface area contributed by atoms with Crippen molar-refractivity contribution in [2.75, 3.05) is 41.7 Å². The maximum absolute atomic E-state index is 13.6. The van der Waals surface area contributed by atoms with Crippen LogP contribution < -0.4 is 21.3 Å². The molecule has 0 aromatic carbocycles. The van der Waals surface area contributed by atoms with E-state index in [0.29, 0.717) is 24.9 Å². The molecule has 0 amide bonds. The summed E-state index contributed by atoms with van der Waals surface area (Å²) in [6.07, 6.45) is -4.21. The van der Waals surface area contributed by atoms with E-state index in [0.717, 1.165) is 12.8 Å². The molecule has 0 atom stereocenters. The third kappa shape index (κ3) is 4.04. The maximum atomic E-state index is 13.6. The average Bonchev–Trinajstić information content (AvgIpc) is 2.65. The summed E-state index contributed by atoms with van der Waals surface area (Å²) >= 11 is 0. The summed E-state index contributed by atoms with van der Waals surface area (Å²) in [7, 11) is 0. The molecule has 2 fully saturated rings. The van der Waals surface area contributed by atoms with Crippen LogP contribution in [0.1, 0.15) is 18.5 Å². The molecule has 2 aliphatic heterocycles. The van der Waals surface area contributed by atoms with Gasteiger partial charge in [-0.05, 0) is 25.0 Å². The molecular weight excluding hydrogens is 390 g/mol. The minimum Gasteiger partial charge on any atom is -0.384 e. The van der Waals surface area contributed by atoms with Crippen molar-refractivity contribution in [1.82, 2.24) is 15.0 Å². The number of hydrogen-bond acceptors (Lipinski definition) is 7. The SMILES string of the molecule is Nc1ccc(-c2cc(N3CC(F)C3)nc(N3CCC(N)CC3)n2)c(C(F)(F)F)n1. The van der Waals surface area contributed by atoms with Gasteiger partial charge < -0.3 is 21.3 Å². The van der Waals surface area contributed by atoms with Crippen LogP contribution in [0, 0.1) is 0 Å². The van der Waals surface area contributed by atoms with Crippen molar-refractivity contribution in [3.8, 4) is 11.3 Å². The first-order valence-electron chi connectivity index (χ1n) is 9.33. The predicted octanol–water partition coefficient (Wildman–Crippen LogP) is 2.23. The Morgan fingerprint density at radius 3 is 2.31 bits per heavy atom. The molecule has 0 bridgehead atoms. The Balaban J connectivity index is 1.79. The molecule has 0 saturated carbocycles. The number of nitrogens with two attached hydrogens (primary N) is 2. The van der Waals surface area contributed by atoms with Crippen molar-refractivity contribution in [2.45, 2.75) is 31.2 Å². The van der Waals surface area contributed by atoms with E-state index in [2.05, 4.69) is 15.0 Å². The van der Waals surface area contributed by atoms with Gasteiger partial charge in [0.15, 0.2) is 5.69 Å². The van der Waals surface area contributed by atoms with Crippen molar-refractivity contribution in [1.29, 1.82) is 0 Å². The van der Waals surface area contributed by atoms with Gasteiger partial charge in [0.2, 0.25) is 5.95 Å². The normalized spacial score (nSPS) is 18.8. The molecule has 0 aliphatic carbocycles. The predicted molar refractivity (Wildman–Crippen MR) is 101 cm³/mol. The number of piperidine rings is 1. The van der Waals surface area contributed by atoms with Gasteiger partial charge in [-0.2, -0.15) is 18.2 Å². The molecule has 2 aromatic heterocycles. The number of pyridine rings is 1. The summed E-state index contributed by atoms with van der Waals surface area (Å²) in [5.74, 6) is 0.457. The summed E-state index contributed by atoms with van der Waals surface area (Å²) in [4.78, 5) is 15.9. The third-order valence-corrected chi connectivity index (χ3v) is 5.15. The van der Waals surface area contributed by atoms with E-state index in [1.165, 1.54) is 18.2 Å². The first-order chi connectivity index (χ1) is 13.7. The van der Waals surface area contributed by atoms with Crippen molar-refractivity contribution in [3.63, 3.8) is 0 Å². The number of nitrogens with zero attached hydrogens (tertiary/aromatic N) is 5. The lowest BCUT2D eigenvalue weighted by Crippen LogP contribution is -2.49. The van der Waals surface area contributed by atoms with Crippen molar-refractivity contribution in [2.24, 2.45) is 5.73 Å². The van der Waals surface area contributed by atoms with Gasteiger partial charge in [-0.3, -0.25) is 0 Å². The highest BCUT2D eigenvalue weighted by Gasteiger charge is 2.37. The molecule has 2 aliphatic rings. The molecule has 0 radical (unpaired) electrons. The fourth-order valence-corrected chi connectivity index (χ4v) is 3.47. The zero-order valence-corrected chi connectivity index (χ0v) is 15.5. The van der Waals surface area contributed by atoms with E-state index in [-0.39, 0.29) is 36.2 Å². The number of halogens is 4. The zero-order chi connectivity index (χ0) is 20.8. The van der Waals surface area contributed by atoms with Crippen molar-refractivity contribution >= 4 is 17.6 Å². The lowest BCUT2D eigenvalue weighted by atomic mass is 10.1. The number of aromatic nitrogens is 3. The fourth-order valence-electron chi connectivity index (χ4n) is 3.47. The Morgan fingerprint density at radius 1 is 1.00 bits per heavy atom. The zero-order valence-electron chi connectivity index (χ0n) is 15.5. The summed E-state index contributed by atoms with van der Waals surface area (Å²) in [5.41, 5.74) is 10.2. The van der Waals surface area contributed by atoms with E-state index in [4.69, 9.17) is 11.5 Å². The minimum atomic E-state index is -4.70.